The van der Waals surface area contributed by atoms with Crippen LogP contribution in [0.5, 0.6) is 0 Å². The average molecular weight is 329 g/mol. The van der Waals surface area contributed by atoms with Gasteiger partial charge < -0.3 is 19.5 Å². The third kappa shape index (κ3) is 6.40. The Balaban J connectivity index is 2.45. The van der Waals surface area contributed by atoms with Gasteiger partial charge in [0, 0.05) is 13.2 Å². The first-order chi connectivity index (χ1) is 10.8. The van der Waals surface area contributed by atoms with Gasteiger partial charge in [-0.1, -0.05) is 20.8 Å². The summed E-state index contributed by atoms with van der Waals surface area (Å²) in [4.78, 5) is 14.3. The highest BCUT2D eigenvalue weighted by molar-refractivity contribution is 5.70. The van der Waals surface area contributed by atoms with Gasteiger partial charge in [-0.25, -0.2) is 0 Å². The maximum absolute atomic E-state index is 12.1. The number of carbonyl (C=O) groups excluding carboxylic acids is 1. The molecule has 5 heteroatoms. The Hall–Kier alpha value is -0.650. The van der Waals surface area contributed by atoms with Gasteiger partial charge in [-0.15, -0.1) is 0 Å². The molecule has 1 aliphatic heterocycles. The lowest BCUT2D eigenvalue weighted by Gasteiger charge is -2.43. The van der Waals surface area contributed by atoms with Crippen molar-refractivity contribution in [1.82, 2.24) is 4.90 Å². The molecule has 0 saturated carbocycles. The van der Waals surface area contributed by atoms with Gasteiger partial charge in [-0.3, -0.25) is 4.79 Å². The Morgan fingerprint density at radius 3 is 2.61 bits per heavy atom. The van der Waals surface area contributed by atoms with E-state index in [0.29, 0.717) is 13.2 Å². The van der Waals surface area contributed by atoms with Gasteiger partial charge >= 0.3 is 5.97 Å². The van der Waals surface area contributed by atoms with Crippen LogP contribution in [0.2, 0.25) is 0 Å². The molecule has 1 N–H and O–H groups in total. The summed E-state index contributed by atoms with van der Waals surface area (Å²) in [6.45, 7) is 13.8. The molecule has 0 radical (unpaired) electrons. The van der Waals surface area contributed by atoms with Crippen LogP contribution in [0.15, 0.2) is 0 Å². The highest BCUT2D eigenvalue weighted by Crippen LogP contribution is 2.38. The van der Waals surface area contributed by atoms with Crippen LogP contribution in [-0.2, 0) is 14.3 Å². The van der Waals surface area contributed by atoms with Crippen molar-refractivity contribution in [2.24, 2.45) is 5.92 Å². The monoisotopic (exact) mass is 329 g/mol. The van der Waals surface area contributed by atoms with E-state index in [1.165, 1.54) is 0 Å². The number of esters is 1. The van der Waals surface area contributed by atoms with E-state index in [4.69, 9.17) is 9.47 Å². The van der Waals surface area contributed by atoms with Crippen LogP contribution in [0.4, 0.5) is 0 Å². The SMILES string of the molecule is CCN(CC)CCOC(=O)C[C@@](C)(O)[C@H]1CCO[C@](C)(CC)C1. The summed E-state index contributed by atoms with van der Waals surface area (Å²) in [7, 11) is 0. The molecule has 0 unspecified atom stereocenters. The fraction of sp³-hybridized carbons (Fsp3) is 0.944. The summed E-state index contributed by atoms with van der Waals surface area (Å²) >= 11 is 0. The number of rotatable bonds is 9. The van der Waals surface area contributed by atoms with Gasteiger partial charge in [0.25, 0.3) is 0 Å². The van der Waals surface area contributed by atoms with E-state index < -0.39 is 5.60 Å². The van der Waals surface area contributed by atoms with Crippen LogP contribution in [0, 0.1) is 5.92 Å². The van der Waals surface area contributed by atoms with Gasteiger partial charge in [-0.2, -0.15) is 0 Å². The minimum absolute atomic E-state index is 0.0513. The minimum atomic E-state index is -1.04. The van der Waals surface area contributed by atoms with Crippen molar-refractivity contribution in [2.45, 2.75) is 71.5 Å². The zero-order valence-electron chi connectivity index (χ0n) is 15.6. The zero-order chi connectivity index (χ0) is 17.5. The van der Waals surface area contributed by atoms with Crippen molar-refractivity contribution in [3.63, 3.8) is 0 Å². The van der Waals surface area contributed by atoms with Gasteiger partial charge in [0.05, 0.1) is 17.6 Å². The lowest BCUT2D eigenvalue weighted by molar-refractivity contribution is -0.160. The van der Waals surface area contributed by atoms with Crippen molar-refractivity contribution >= 4 is 5.97 Å². The predicted octanol–water partition coefficient (Wildman–Crippen LogP) is 2.61. The topological polar surface area (TPSA) is 59.0 Å². The van der Waals surface area contributed by atoms with Crippen molar-refractivity contribution in [3.8, 4) is 0 Å². The molecule has 0 aromatic rings. The van der Waals surface area contributed by atoms with Crippen LogP contribution in [0.25, 0.3) is 0 Å². The summed E-state index contributed by atoms with van der Waals surface area (Å²) in [6, 6.07) is 0. The largest absolute Gasteiger partial charge is 0.464 e. The Labute approximate surface area is 141 Å². The van der Waals surface area contributed by atoms with Gasteiger partial charge in [-0.05, 0) is 52.1 Å². The molecule has 0 aromatic heterocycles. The minimum Gasteiger partial charge on any atom is -0.464 e. The van der Waals surface area contributed by atoms with Crippen LogP contribution in [0.1, 0.15) is 60.3 Å². The van der Waals surface area contributed by atoms with Crippen LogP contribution >= 0.6 is 0 Å². The first-order valence-corrected chi connectivity index (χ1v) is 9.00. The molecule has 23 heavy (non-hydrogen) atoms. The molecule has 1 saturated heterocycles. The van der Waals surface area contributed by atoms with E-state index in [1.54, 1.807) is 6.92 Å². The molecule has 3 atom stereocenters. The zero-order valence-corrected chi connectivity index (χ0v) is 15.6. The van der Waals surface area contributed by atoms with Crippen LogP contribution in [0.3, 0.4) is 0 Å². The first-order valence-electron chi connectivity index (χ1n) is 9.00. The number of hydrogen-bond acceptors (Lipinski definition) is 5. The van der Waals surface area contributed by atoms with E-state index in [9.17, 15) is 9.90 Å². The third-order valence-electron chi connectivity index (χ3n) is 5.29. The van der Waals surface area contributed by atoms with Gasteiger partial charge in [0.15, 0.2) is 0 Å². The second-order valence-corrected chi connectivity index (χ2v) is 7.12. The summed E-state index contributed by atoms with van der Waals surface area (Å²) in [5, 5.41) is 10.8. The number of aliphatic hydroxyl groups is 1. The van der Waals surface area contributed by atoms with Crippen molar-refractivity contribution in [2.75, 3.05) is 32.8 Å². The quantitative estimate of drug-likeness (QED) is 0.659. The van der Waals surface area contributed by atoms with Crippen molar-refractivity contribution < 1.29 is 19.4 Å². The molecule has 1 fully saturated rings. The fourth-order valence-electron chi connectivity index (χ4n) is 3.22. The fourth-order valence-corrected chi connectivity index (χ4v) is 3.22. The molecule has 5 nitrogen and oxygen atoms in total. The van der Waals surface area contributed by atoms with E-state index in [1.807, 2.05) is 0 Å². The molecule has 1 heterocycles. The van der Waals surface area contributed by atoms with Crippen LogP contribution < -0.4 is 0 Å². The molecule has 0 aliphatic carbocycles. The van der Waals surface area contributed by atoms with Gasteiger partial charge in [0.1, 0.15) is 6.61 Å². The number of carbonyl (C=O) groups is 1. The molecular weight excluding hydrogens is 294 g/mol. The third-order valence-corrected chi connectivity index (χ3v) is 5.29. The lowest BCUT2D eigenvalue weighted by atomic mass is 9.75. The van der Waals surface area contributed by atoms with Crippen molar-refractivity contribution in [1.29, 1.82) is 0 Å². The standard InChI is InChI=1S/C18H35NO4/c1-6-17(4)13-15(9-11-23-17)18(5,21)14-16(20)22-12-10-19(7-2)8-3/h15,21H,6-14H2,1-5H3/t15-,17+,18+/m0/s1. The number of likely N-dealkylation sites (N-methyl/N-ethyl adjacent to an activating group) is 1. The maximum atomic E-state index is 12.1. The Kier molecular flexibility index (Phi) is 7.98. The first kappa shape index (κ1) is 20.4. The van der Waals surface area contributed by atoms with E-state index in [0.717, 1.165) is 38.9 Å². The lowest BCUT2D eigenvalue weighted by Crippen LogP contribution is -2.46. The molecule has 136 valence electrons. The second kappa shape index (κ2) is 9.00. The summed E-state index contributed by atoms with van der Waals surface area (Å²) in [5.41, 5.74) is -1.23. The average Bonchev–Trinajstić information content (AvgIpc) is 2.51. The van der Waals surface area contributed by atoms with E-state index in [-0.39, 0.29) is 23.9 Å². The number of nitrogens with zero attached hydrogens (tertiary/aromatic N) is 1. The molecule has 1 aliphatic rings. The molecule has 0 bridgehead atoms. The van der Waals surface area contributed by atoms with Crippen LogP contribution in [-0.4, -0.2) is 60.0 Å². The smallest absolute Gasteiger partial charge is 0.308 e. The Morgan fingerprint density at radius 2 is 2.04 bits per heavy atom. The molecule has 0 spiro atoms. The summed E-state index contributed by atoms with van der Waals surface area (Å²) < 4.78 is 11.1. The molecular formula is C18H35NO4. The molecule has 1 rings (SSSR count). The normalized spacial score (nSPS) is 27.7. The van der Waals surface area contributed by atoms with E-state index in [2.05, 4.69) is 32.6 Å². The Bertz CT molecular complexity index is 368. The predicted molar refractivity (Wildman–Crippen MR) is 91.4 cm³/mol. The number of ether oxygens (including phenoxy) is 2. The summed E-state index contributed by atoms with van der Waals surface area (Å²) in [5.74, 6) is -0.247. The van der Waals surface area contributed by atoms with E-state index >= 15 is 0 Å². The second-order valence-electron chi connectivity index (χ2n) is 7.12. The summed E-state index contributed by atoms with van der Waals surface area (Å²) in [6.07, 6.45) is 2.53. The number of hydrogen-bond donors (Lipinski definition) is 1. The molecule has 0 amide bonds. The molecule has 0 aromatic carbocycles. The van der Waals surface area contributed by atoms with Crippen molar-refractivity contribution in [3.05, 3.63) is 0 Å². The Morgan fingerprint density at radius 1 is 1.39 bits per heavy atom. The highest BCUT2D eigenvalue weighted by Gasteiger charge is 2.42. The maximum Gasteiger partial charge on any atom is 0.308 e. The van der Waals surface area contributed by atoms with Gasteiger partial charge in [0.2, 0.25) is 0 Å². The highest BCUT2D eigenvalue weighted by atomic mass is 16.5.